The molecule has 1 aromatic carbocycles. The summed E-state index contributed by atoms with van der Waals surface area (Å²) in [5, 5.41) is 5.98. The van der Waals surface area contributed by atoms with Crippen LogP contribution in [0.1, 0.15) is 25.8 Å². The highest BCUT2D eigenvalue weighted by atomic mass is 79.9. The lowest BCUT2D eigenvalue weighted by molar-refractivity contribution is -0.120. The lowest BCUT2D eigenvalue weighted by atomic mass is 10.1. The lowest BCUT2D eigenvalue weighted by Gasteiger charge is -2.12. The van der Waals surface area contributed by atoms with Crippen LogP contribution in [0, 0.1) is 12.8 Å². The molecule has 0 aliphatic heterocycles. The lowest BCUT2D eigenvalue weighted by Crippen LogP contribution is -2.34. The molecule has 1 aromatic rings. The number of amides is 1. The summed E-state index contributed by atoms with van der Waals surface area (Å²) in [6, 6.07) is 5.88. The minimum atomic E-state index is -0.0641. The number of halogens is 1. The molecule has 0 radical (unpaired) electrons. The first-order valence-corrected chi connectivity index (χ1v) is 6.95. The Morgan fingerprint density at radius 1 is 1.44 bits per heavy atom. The molecular formula is C13H17BrN2OS. The van der Waals surface area contributed by atoms with E-state index in [-0.39, 0.29) is 5.91 Å². The van der Waals surface area contributed by atoms with Crippen molar-refractivity contribution in [1.29, 1.82) is 0 Å². The fourth-order valence-corrected chi connectivity index (χ4v) is 2.24. The number of aryl methyl sites for hydroxylation is 1. The minimum absolute atomic E-state index is 0.0641. The molecule has 0 saturated heterocycles. The van der Waals surface area contributed by atoms with Crippen molar-refractivity contribution in [1.82, 2.24) is 5.32 Å². The summed E-state index contributed by atoms with van der Waals surface area (Å²) >= 11 is 8.54. The summed E-state index contributed by atoms with van der Waals surface area (Å²) in [6.45, 7) is 6.00. The average molecular weight is 329 g/mol. The molecule has 5 heteroatoms. The monoisotopic (exact) mass is 328 g/mol. The van der Waals surface area contributed by atoms with E-state index in [0.717, 1.165) is 15.7 Å². The summed E-state index contributed by atoms with van der Waals surface area (Å²) in [5.41, 5.74) is 2.00. The van der Waals surface area contributed by atoms with Gasteiger partial charge in [0.15, 0.2) is 5.11 Å². The van der Waals surface area contributed by atoms with Gasteiger partial charge in [0.25, 0.3) is 0 Å². The topological polar surface area (TPSA) is 41.1 Å². The van der Waals surface area contributed by atoms with Gasteiger partial charge in [0.2, 0.25) is 5.91 Å². The van der Waals surface area contributed by atoms with Gasteiger partial charge in [0, 0.05) is 10.9 Å². The van der Waals surface area contributed by atoms with Gasteiger partial charge in [-0.3, -0.25) is 4.79 Å². The molecule has 0 fully saturated rings. The van der Waals surface area contributed by atoms with Gasteiger partial charge < -0.3 is 10.6 Å². The molecule has 18 heavy (non-hydrogen) atoms. The summed E-state index contributed by atoms with van der Waals surface area (Å²) < 4.78 is 0.919. The van der Waals surface area contributed by atoms with Crippen LogP contribution in [0.4, 0.5) is 5.69 Å². The summed E-state index contributed by atoms with van der Waals surface area (Å²) in [5.74, 6) is 0.254. The van der Waals surface area contributed by atoms with E-state index < -0.39 is 0 Å². The van der Waals surface area contributed by atoms with E-state index in [0.29, 0.717) is 17.5 Å². The maximum absolute atomic E-state index is 11.5. The van der Waals surface area contributed by atoms with E-state index in [4.69, 9.17) is 12.2 Å². The molecule has 3 nitrogen and oxygen atoms in total. The van der Waals surface area contributed by atoms with Crippen LogP contribution in [-0.2, 0) is 4.79 Å². The van der Waals surface area contributed by atoms with E-state index >= 15 is 0 Å². The van der Waals surface area contributed by atoms with Crippen molar-refractivity contribution in [3.8, 4) is 0 Å². The zero-order chi connectivity index (χ0) is 13.7. The Balaban J connectivity index is 2.57. The first-order chi connectivity index (χ1) is 8.38. The molecule has 0 unspecified atom stereocenters. The van der Waals surface area contributed by atoms with Crippen molar-refractivity contribution in [3.05, 3.63) is 28.2 Å². The number of hydrogen-bond acceptors (Lipinski definition) is 2. The number of nitrogens with one attached hydrogen (secondary N) is 2. The number of hydrogen-bond donors (Lipinski definition) is 2. The van der Waals surface area contributed by atoms with Gasteiger partial charge in [-0.15, -0.1) is 0 Å². The number of benzene rings is 1. The Hall–Kier alpha value is -0.940. The van der Waals surface area contributed by atoms with Crippen LogP contribution in [0.3, 0.4) is 0 Å². The Labute approximate surface area is 121 Å². The first-order valence-electron chi connectivity index (χ1n) is 5.75. The molecule has 1 rings (SSSR count). The average Bonchev–Trinajstić information content (AvgIpc) is 2.20. The molecule has 0 saturated carbocycles. The highest BCUT2D eigenvalue weighted by molar-refractivity contribution is 9.10. The maximum atomic E-state index is 11.5. The van der Waals surface area contributed by atoms with E-state index in [1.54, 1.807) is 0 Å². The predicted octanol–water partition coefficient (Wildman–Crippen LogP) is 3.62. The van der Waals surface area contributed by atoms with Crippen LogP contribution in [0.25, 0.3) is 0 Å². The zero-order valence-corrected chi connectivity index (χ0v) is 13.1. The normalized spacial score (nSPS) is 10.3. The van der Waals surface area contributed by atoms with Gasteiger partial charge in [-0.05, 0) is 58.7 Å². The van der Waals surface area contributed by atoms with Gasteiger partial charge in [-0.25, -0.2) is 0 Å². The SMILES string of the molecule is Cc1ccc(NC(=S)NC(=O)CC(C)C)c(Br)c1. The Morgan fingerprint density at radius 3 is 2.67 bits per heavy atom. The number of carbonyl (C=O) groups is 1. The number of carbonyl (C=O) groups excluding carboxylic acids is 1. The van der Waals surface area contributed by atoms with Gasteiger partial charge in [0.1, 0.15) is 0 Å². The minimum Gasteiger partial charge on any atom is -0.331 e. The fraction of sp³-hybridized carbons (Fsp3) is 0.385. The standard InChI is InChI=1S/C13H17BrN2OS/c1-8(2)6-12(17)16-13(18)15-11-5-4-9(3)7-10(11)14/h4-5,7-8H,6H2,1-3H3,(H2,15,16,17,18). The highest BCUT2D eigenvalue weighted by Gasteiger charge is 2.08. The summed E-state index contributed by atoms with van der Waals surface area (Å²) in [7, 11) is 0. The van der Waals surface area contributed by atoms with Crippen molar-refractivity contribution < 1.29 is 4.79 Å². The second-order valence-electron chi connectivity index (χ2n) is 4.58. The van der Waals surface area contributed by atoms with E-state index in [9.17, 15) is 4.79 Å². The molecule has 0 bridgehead atoms. The van der Waals surface area contributed by atoms with Crippen molar-refractivity contribution in [2.75, 3.05) is 5.32 Å². The fourth-order valence-electron chi connectivity index (χ4n) is 1.42. The molecule has 1 amide bonds. The number of thiocarbonyl (C=S) groups is 1. The smallest absolute Gasteiger partial charge is 0.226 e. The van der Waals surface area contributed by atoms with Crippen molar-refractivity contribution in [3.63, 3.8) is 0 Å². The summed E-state index contributed by atoms with van der Waals surface area (Å²) in [6.07, 6.45) is 0.469. The second-order valence-corrected chi connectivity index (χ2v) is 5.85. The van der Waals surface area contributed by atoms with Crippen molar-refractivity contribution >= 4 is 44.9 Å². The van der Waals surface area contributed by atoms with Crippen LogP contribution in [0.5, 0.6) is 0 Å². The van der Waals surface area contributed by atoms with E-state index in [1.165, 1.54) is 0 Å². The first kappa shape index (κ1) is 15.1. The second kappa shape index (κ2) is 6.85. The molecule has 0 atom stereocenters. The van der Waals surface area contributed by atoms with Gasteiger partial charge in [-0.2, -0.15) is 0 Å². The largest absolute Gasteiger partial charge is 0.331 e. The Morgan fingerprint density at radius 2 is 2.11 bits per heavy atom. The third-order valence-corrected chi connectivity index (χ3v) is 3.08. The van der Waals surface area contributed by atoms with Crippen molar-refractivity contribution in [2.24, 2.45) is 5.92 Å². The zero-order valence-electron chi connectivity index (χ0n) is 10.7. The van der Waals surface area contributed by atoms with Crippen molar-refractivity contribution in [2.45, 2.75) is 27.2 Å². The van der Waals surface area contributed by atoms with Crippen LogP contribution in [0.15, 0.2) is 22.7 Å². The van der Waals surface area contributed by atoms with Crippen LogP contribution in [0.2, 0.25) is 0 Å². The van der Waals surface area contributed by atoms with Gasteiger partial charge in [0.05, 0.1) is 5.69 Å². The molecule has 0 spiro atoms. The molecular weight excluding hydrogens is 312 g/mol. The molecule has 2 N–H and O–H groups in total. The Bertz CT molecular complexity index is 460. The van der Waals surface area contributed by atoms with E-state index in [2.05, 4.69) is 26.6 Å². The Kier molecular flexibility index (Phi) is 5.75. The van der Waals surface area contributed by atoms with Gasteiger partial charge >= 0.3 is 0 Å². The number of rotatable bonds is 3. The van der Waals surface area contributed by atoms with Gasteiger partial charge in [-0.1, -0.05) is 19.9 Å². The third kappa shape index (κ3) is 5.14. The maximum Gasteiger partial charge on any atom is 0.226 e. The van der Waals surface area contributed by atoms with Crippen LogP contribution in [-0.4, -0.2) is 11.0 Å². The molecule has 0 heterocycles. The quantitative estimate of drug-likeness (QED) is 0.832. The molecule has 0 aliphatic carbocycles. The third-order valence-electron chi connectivity index (χ3n) is 2.22. The summed E-state index contributed by atoms with van der Waals surface area (Å²) in [4.78, 5) is 11.5. The van der Waals surface area contributed by atoms with Crippen LogP contribution < -0.4 is 10.6 Å². The predicted molar refractivity (Wildman–Crippen MR) is 82.7 cm³/mol. The molecule has 98 valence electrons. The molecule has 0 aromatic heterocycles. The molecule has 0 aliphatic rings. The highest BCUT2D eigenvalue weighted by Crippen LogP contribution is 2.23. The van der Waals surface area contributed by atoms with Crippen LogP contribution >= 0.6 is 28.1 Å². The van der Waals surface area contributed by atoms with E-state index in [1.807, 2.05) is 39.0 Å². The number of anilines is 1.